The Labute approximate surface area is 207 Å². The molecule has 35 heavy (non-hydrogen) atoms. The highest BCUT2D eigenvalue weighted by Crippen LogP contribution is 2.30. The first-order chi connectivity index (χ1) is 16.6. The molecule has 1 N–H and O–H groups in total. The molecule has 1 atom stereocenters. The van der Waals surface area contributed by atoms with Gasteiger partial charge in [0.05, 0.1) is 16.9 Å². The van der Waals surface area contributed by atoms with Crippen molar-refractivity contribution >= 4 is 27.3 Å². The van der Waals surface area contributed by atoms with E-state index in [4.69, 9.17) is 0 Å². The van der Waals surface area contributed by atoms with Crippen LogP contribution in [0.3, 0.4) is 0 Å². The summed E-state index contributed by atoms with van der Waals surface area (Å²) in [6, 6.07) is 11.0. The van der Waals surface area contributed by atoms with E-state index < -0.39 is 26.9 Å². The Morgan fingerprint density at radius 3 is 2.31 bits per heavy atom. The number of nitro groups is 1. The van der Waals surface area contributed by atoms with Crippen molar-refractivity contribution in [3.8, 4) is 0 Å². The Morgan fingerprint density at radius 1 is 1.11 bits per heavy atom. The number of nitrogens with zero attached hydrogens (tertiary/aromatic N) is 3. The zero-order valence-corrected chi connectivity index (χ0v) is 21.4. The predicted octanol–water partition coefficient (Wildman–Crippen LogP) is 3.75. The summed E-state index contributed by atoms with van der Waals surface area (Å²) in [6.45, 7) is 6.79. The van der Waals surface area contributed by atoms with Crippen LogP contribution in [0.5, 0.6) is 0 Å². The molecular weight excluding hydrogens is 468 g/mol. The fraction of sp³-hybridized carbons (Fsp3) is 0.480. The summed E-state index contributed by atoms with van der Waals surface area (Å²) in [4.78, 5) is 26.2. The third-order valence-electron chi connectivity index (χ3n) is 6.32. The van der Waals surface area contributed by atoms with Crippen LogP contribution in [0.4, 0.5) is 11.4 Å². The van der Waals surface area contributed by atoms with E-state index in [0.29, 0.717) is 5.56 Å². The van der Waals surface area contributed by atoms with Gasteiger partial charge in [0.1, 0.15) is 6.04 Å². The van der Waals surface area contributed by atoms with Crippen LogP contribution >= 0.6 is 0 Å². The first-order valence-electron chi connectivity index (χ1n) is 11.9. The average molecular weight is 503 g/mol. The average Bonchev–Trinajstić information content (AvgIpc) is 2.82. The summed E-state index contributed by atoms with van der Waals surface area (Å²) in [5.74, 6) is -0.457. The molecular formula is C25H34N4O5S. The molecule has 1 aliphatic rings. The molecule has 1 fully saturated rings. The highest BCUT2D eigenvalue weighted by Gasteiger charge is 2.33. The number of rotatable bonds is 10. The van der Waals surface area contributed by atoms with Gasteiger partial charge in [0.15, 0.2) is 0 Å². The first-order valence-corrected chi connectivity index (χ1v) is 13.8. The Balaban J connectivity index is 1.72. The van der Waals surface area contributed by atoms with E-state index in [2.05, 4.69) is 22.3 Å². The summed E-state index contributed by atoms with van der Waals surface area (Å²) in [5, 5.41) is 14.1. The molecule has 0 unspecified atom stereocenters. The van der Waals surface area contributed by atoms with Gasteiger partial charge < -0.3 is 5.32 Å². The van der Waals surface area contributed by atoms with Gasteiger partial charge in [0.2, 0.25) is 15.9 Å². The number of hydrogen-bond acceptors (Lipinski definition) is 6. The molecule has 0 aromatic heterocycles. The molecule has 2 aromatic rings. The fourth-order valence-corrected chi connectivity index (χ4v) is 5.69. The molecule has 0 bridgehead atoms. The van der Waals surface area contributed by atoms with Gasteiger partial charge >= 0.3 is 0 Å². The van der Waals surface area contributed by atoms with E-state index in [-0.39, 0.29) is 24.3 Å². The van der Waals surface area contributed by atoms with Crippen molar-refractivity contribution in [2.75, 3.05) is 23.7 Å². The Kier molecular flexibility index (Phi) is 8.85. The Hall–Kier alpha value is -2.98. The number of hydrogen-bond donors (Lipinski definition) is 1. The van der Waals surface area contributed by atoms with Crippen molar-refractivity contribution in [2.45, 2.75) is 58.7 Å². The summed E-state index contributed by atoms with van der Waals surface area (Å²) in [7, 11) is -3.90. The van der Waals surface area contributed by atoms with E-state index in [1.165, 1.54) is 43.0 Å². The molecule has 1 amide bonds. The number of sulfonamides is 1. The van der Waals surface area contributed by atoms with Gasteiger partial charge in [-0.25, -0.2) is 8.42 Å². The summed E-state index contributed by atoms with van der Waals surface area (Å²) >= 11 is 0. The number of aryl methyl sites for hydroxylation is 1. The minimum Gasteiger partial charge on any atom is -0.350 e. The van der Waals surface area contributed by atoms with Crippen molar-refractivity contribution in [1.29, 1.82) is 0 Å². The lowest BCUT2D eigenvalue weighted by molar-refractivity contribution is -0.384. The molecule has 3 rings (SSSR count). The second kappa shape index (κ2) is 11.6. The van der Waals surface area contributed by atoms with Crippen molar-refractivity contribution in [1.82, 2.24) is 10.2 Å². The van der Waals surface area contributed by atoms with Crippen LogP contribution in [0.1, 0.15) is 49.3 Å². The topological polar surface area (TPSA) is 113 Å². The highest BCUT2D eigenvalue weighted by molar-refractivity contribution is 7.92. The van der Waals surface area contributed by atoms with Crippen LogP contribution < -0.4 is 9.62 Å². The standard InChI is InChI=1S/C25H34N4O5S/c1-4-23(28(35(3,33)34)24-16-22(29(31)32)13-8-19(24)2)25(30)26-17-20-9-11-21(12-10-20)18-27-14-6-5-7-15-27/h8-13,16,23H,4-7,14-15,17-18H2,1-3H3,(H,26,30)/t23-/m1/s1. The molecule has 2 aromatic carbocycles. The molecule has 1 saturated heterocycles. The van der Waals surface area contributed by atoms with E-state index >= 15 is 0 Å². The second-order valence-electron chi connectivity index (χ2n) is 9.08. The van der Waals surface area contributed by atoms with Gasteiger partial charge in [-0.05, 0) is 56.0 Å². The highest BCUT2D eigenvalue weighted by atomic mass is 32.2. The van der Waals surface area contributed by atoms with Crippen LogP contribution in [0.2, 0.25) is 0 Å². The number of piperidine rings is 1. The Morgan fingerprint density at radius 2 is 1.74 bits per heavy atom. The fourth-order valence-electron chi connectivity index (χ4n) is 4.43. The lowest BCUT2D eigenvalue weighted by Crippen LogP contribution is -2.49. The monoisotopic (exact) mass is 502 g/mol. The van der Waals surface area contributed by atoms with E-state index in [9.17, 15) is 23.3 Å². The van der Waals surface area contributed by atoms with Gasteiger partial charge in [-0.2, -0.15) is 0 Å². The van der Waals surface area contributed by atoms with Crippen LogP contribution in [-0.2, 0) is 27.9 Å². The molecule has 0 radical (unpaired) electrons. The van der Waals surface area contributed by atoms with Crippen LogP contribution in [0.25, 0.3) is 0 Å². The van der Waals surface area contributed by atoms with Crippen molar-refractivity contribution < 1.29 is 18.1 Å². The summed E-state index contributed by atoms with van der Waals surface area (Å²) in [5.41, 5.74) is 2.55. The van der Waals surface area contributed by atoms with E-state index in [1.807, 2.05) is 12.1 Å². The number of amides is 1. The van der Waals surface area contributed by atoms with E-state index in [1.54, 1.807) is 13.8 Å². The predicted molar refractivity (Wildman–Crippen MR) is 137 cm³/mol. The molecule has 1 aliphatic heterocycles. The molecule has 0 aliphatic carbocycles. The lowest BCUT2D eigenvalue weighted by atomic mass is 10.1. The molecule has 190 valence electrons. The molecule has 0 saturated carbocycles. The summed E-state index contributed by atoms with van der Waals surface area (Å²) < 4.78 is 26.4. The van der Waals surface area contributed by atoms with Gasteiger partial charge in [-0.15, -0.1) is 0 Å². The number of anilines is 1. The van der Waals surface area contributed by atoms with Gasteiger partial charge in [-0.3, -0.25) is 24.1 Å². The largest absolute Gasteiger partial charge is 0.350 e. The van der Waals surface area contributed by atoms with Gasteiger partial charge in [0, 0.05) is 25.2 Å². The zero-order valence-electron chi connectivity index (χ0n) is 20.6. The zero-order chi connectivity index (χ0) is 25.6. The quantitative estimate of drug-likeness (QED) is 0.391. The number of carbonyl (C=O) groups excluding carboxylic acids is 1. The van der Waals surface area contributed by atoms with Crippen LogP contribution in [0.15, 0.2) is 42.5 Å². The van der Waals surface area contributed by atoms with Gasteiger partial charge in [-0.1, -0.05) is 43.7 Å². The van der Waals surface area contributed by atoms with Crippen molar-refractivity contribution in [3.63, 3.8) is 0 Å². The first kappa shape index (κ1) is 26.6. The smallest absolute Gasteiger partial charge is 0.271 e. The van der Waals surface area contributed by atoms with Crippen LogP contribution in [0, 0.1) is 17.0 Å². The van der Waals surface area contributed by atoms with E-state index in [0.717, 1.165) is 35.8 Å². The number of benzene rings is 2. The third-order valence-corrected chi connectivity index (χ3v) is 7.48. The number of nitro benzene ring substituents is 1. The van der Waals surface area contributed by atoms with Crippen molar-refractivity contribution in [2.24, 2.45) is 0 Å². The normalized spacial score (nSPS) is 15.4. The molecule has 10 heteroatoms. The van der Waals surface area contributed by atoms with Crippen molar-refractivity contribution in [3.05, 3.63) is 69.3 Å². The maximum Gasteiger partial charge on any atom is 0.271 e. The molecule has 9 nitrogen and oxygen atoms in total. The minimum absolute atomic E-state index is 0.130. The van der Waals surface area contributed by atoms with Gasteiger partial charge in [0.25, 0.3) is 5.69 Å². The maximum absolute atomic E-state index is 13.1. The number of nitrogens with one attached hydrogen (secondary N) is 1. The number of carbonyl (C=O) groups is 1. The lowest BCUT2D eigenvalue weighted by Gasteiger charge is -2.31. The minimum atomic E-state index is -3.90. The number of non-ortho nitro benzene ring substituents is 1. The maximum atomic E-state index is 13.1. The SMILES string of the molecule is CC[C@H](C(=O)NCc1ccc(CN2CCCCC2)cc1)N(c1cc([N+](=O)[O-])ccc1C)S(C)(=O)=O. The molecule has 0 spiro atoms. The van der Waals surface area contributed by atoms with Crippen LogP contribution in [-0.4, -0.2) is 49.5 Å². The number of likely N-dealkylation sites (tertiary alicyclic amines) is 1. The summed E-state index contributed by atoms with van der Waals surface area (Å²) in [6.07, 6.45) is 4.98. The Bertz CT molecular complexity index is 1140. The second-order valence-corrected chi connectivity index (χ2v) is 10.9. The molecule has 1 heterocycles. The third kappa shape index (κ3) is 7.02.